The van der Waals surface area contributed by atoms with Crippen LogP contribution < -0.4 is 0 Å². The average Bonchev–Trinajstić information content (AvgIpc) is 2.59. The van der Waals surface area contributed by atoms with Crippen molar-refractivity contribution < 1.29 is 9.53 Å². The second kappa shape index (κ2) is 6.06. The highest BCUT2D eigenvalue weighted by Gasteiger charge is 2.08. The van der Waals surface area contributed by atoms with Crippen molar-refractivity contribution in [2.45, 2.75) is 6.61 Å². The van der Waals surface area contributed by atoms with E-state index >= 15 is 0 Å². The molecule has 0 saturated heterocycles. The molecule has 0 radical (unpaired) electrons. The number of carbonyl (C=O) groups excluding carboxylic acids is 1. The van der Waals surface area contributed by atoms with Gasteiger partial charge in [0.2, 0.25) is 0 Å². The topological polar surface area (TPSA) is 63.0 Å². The Balaban J connectivity index is 1.71. The smallest absolute Gasteiger partial charge is 0.338 e. The molecule has 0 amide bonds. The van der Waals surface area contributed by atoms with Crippen LogP contribution in [0.2, 0.25) is 0 Å². The molecule has 0 N–H and O–H groups in total. The van der Waals surface area contributed by atoms with Crippen LogP contribution in [0.25, 0.3) is 10.8 Å². The van der Waals surface area contributed by atoms with E-state index < -0.39 is 5.97 Å². The van der Waals surface area contributed by atoms with E-state index in [0.717, 1.165) is 10.8 Å². The first-order valence-corrected chi connectivity index (χ1v) is 6.77. The fourth-order valence-corrected chi connectivity index (χ4v) is 2.12. The van der Waals surface area contributed by atoms with E-state index in [2.05, 4.69) is 4.98 Å². The van der Waals surface area contributed by atoms with E-state index in [1.807, 2.05) is 42.5 Å². The number of pyridine rings is 1. The molecule has 1 heterocycles. The van der Waals surface area contributed by atoms with Crippen LogP contribution >= 0.6 is 0 Å². The van der Waals surface area contributed by atoms with Gasteiger partial charge in [-0.3, -0.25) is 4.98 Å². The maximum absolute atomic E-state index is 12.1. The van der Waals surface area contributed by atoms with Crippen molar-refractivity contribution in [3.63, 3.8) is 0 Å². The van der Waals surface area contributed by atoms with Gasteiger partial charge >= 0.3 is 5.97 Å². The van der Waals surface area contributed by atoms with Crippen LogP contribution in [0.4, 0.5) is 0 Å². The molecule has 0 bridgehead atoms. The molecule has 0 aliphatic rings. The minimum absolute atomic E-state index is 0.0807. The van der Waals surface area contributed by atoms with Crippen LogP contribution in [0, 0.1) is 11.3 Å². The first-order valence-electron chi connectivity index (χ1n) is 6.77. The number of aromatic nitrogens is 1. The Labute approximate surface area is 127 Å². The summed E-state index contributed by atoms with van der Waals surface area (Å²) in [7, 11) is 0. The van der Waals surface area contributed by atoms with Gasteiger partial charge in [0.05, 0.1) is 16.8 Å². The molecular formula is C18H12N2O2. The number of rotatable bonds is 3. The molecule has 2 aromatic carbocycles. The lowest BCUT2D eigenvalue weighted by Gasteiger charge is -2.05. The zero-order valence-electron chi connectivity index (χ0n) is 11.7. The second-order valence-electron chi connectivity index (χ2n) is 4.79. The number of benzene rings is 2. The first-order chi connectivity index (χ1) is 10.8. The van der Waals surface area contributed by atoms with Crippen LogP contribution in [0.15, 0.2) is 60.8 Å². The number of carbonyl (C=O) groups is 1. The van der Waals surface area contributed by atoms with Gasteiger partial charge in [0, 0.05) is 6.20 Å². The average molecular weight is 288 g/mol. The molecule has 0 fully saturated rings. The van der Waals surface area contributed by atoms with Gasteiger partial charge in [-0.05, 0) is 35.0 Å². The van der Waals surface area contributed by atoms with Crippen molar-refractivity contribution in [3.8, 4) is 6.07 Å². The molecular weight excluding hydrogens is 276 g/mol. The Hall–Kier alpha value is -3.19. The van der Waals surface area contributed by atoms with Gasteiger partial charge in [-0.25, -0.2) is 4.79 Å². The molecule has 0 atom stereocenters. The van der Waals surface area contributed by atoms with E-state index in [4.69, 9.17) is 10.00 Å². The summed E-state index contributed by atoms with van der Waals surface area (Å²) in [6.07, 6.45) is 1.46. The molecule has 1 aromatic heterocycles. The molecule has 106 valence electrons. The molecule has 4 heteroatoms. The third-order valence-corrected chi connectivity index (χ3v) is 3.29. The van der Waals surface area contributed by atoms with Gasteiger partial charge in [0.1, 0.15) is 12.7 Å². The van der Waals surface area contributed by atoms with Gasteiger partial charge in [0.25, 0.3) is 0 Å². The summed E-state index contributed by atoms with van der Waals surface area (Å²) < 4.78 is 5.25. The van der Waals surface area contributed by atoms with Crippen LogP contribution in [0.3, 0.4) is 0 Å². The van der Waals surface area contributed by atoms with Crippen LogP contribution in [0.1, 0.15) is 21.6 Å². The van der Waals surface area contributed by atoms with Crippen molar-refractivity contribution in [2.24, 2.45) is 0 Å². The van der Waals surface area contributed by atoms with E-state index in [9.17, 15) is 4.79 Å². The molecule has 4 nitrogen and oxygen atoms in total. The monoisotopic (exact) mass is 288 g/mol. The maximum atomic E-state index is 12.1. The quantitative estimate of drug-likeness (QED) is 0.692. The van der Waals surface area contributed by atoms with Gasteiger partial charge in [-0.15, -0.1) is 0 Å². The lowest BCUT2D eigenvalue weighted by Crippen LogP contribution is -2.06. The van der Waals surface area contributed by atoms with Gasteiger partial charge in [-0.2, -0.15) is 5.26 Å². The highest BCUT2D eigenvalue weighted by atomic mass is 16.5. The van der Waals surface area contributed by atoms with Crippen molar-refractivity contribution in [3.05, 3.63) is 77.6 Å². The molecule has 22 heavy (non-hydrogen) atoms. The molecule has 0 aliphatic carbocycles. The third kappa shape index (κ3) is 2.94. The minimum Gasteiger partial charge on any atom is -0.456 e. The van der Waals surface area contributed by atoms with Crippen molar-refractivity contribution in [1.82, 2.24) is 4.98 Å². The number of ether oxygens (including phenoxy) is 1. The molecule has 3 aromatic rings. The highest BCUT2D eigenvalue weighted by Crippen LogP contribution is 2.16. The van der Waals surface area contributed by atoms with E-state index in [1.165, 1.54) is 6.20 Å². The zero-order valence-corrected chi connectivity index (χ0v) is 11.7. The lowest BCUT2D eigenvalue weighted by atomic mass is 10.1. The van der Waals surface area contributed by atoms with E-state index in [0.29, 0.717) is 16.8 Å². The Morgan fingerprint density at radius 2 is 1.91 bits per heavy atom. The van der Waals surface area contributed by atoms with Gasteiger partial charge in [0.15, 0.2) is 0 Å². The summed E-state index contributed by atoms with van der Waals surface area (Å²) in [5, 5.41) is 10.8. The zero-order chi connectivity index (χ0) is 15.4. The van der Waals surface area contributed by atoms with Gasteiger partial charge < -0.3 is 4.74 Å². The van der Waals surface area contributed by atoms with E-state index in [-0.39, 0.29) is 6.61 Å². The number of hydrogen-bond acceptors (Lipinski definition) is 4. The summed E-state index contributed by atoms with van der Waals surface area (Å²) in [6, 6.07) is 18.6. The predicted molar refractivity (Wildman–Crippen MR) is 82.0 cm³/mol. The Kier molecular flexibility index (Phi) is 3.80. The highest BCUT2D eigenvalue weighted by molar-refractivity contribution is 5.95. The Morgan fingerprint density at radius 1 is 1.09 bits per heavy atom. The molecule has 0 saturated carbocycles. The largest absolute Gasteiger partial charge is 0.456 e. The summed E-state index contributed by atoms with van der Waals surface area (Å²) in [6.45, 7) is 0.0807. The normalized spacial score (nSPS) is 10.1. The summed E-state index contributed by atoms with van der Waals surface area (Å²) >= 11 is 0. The molecule has 0 spiro atoms. The molecule has 0 aliphatic heterocycles. The third-order valence-electron chi connectivity index (χ3n) is 3.29. The summed E-state index contributed by atoms with van der Waals surface area (Å²) in [5.41, 5.74) is 1.59. The SMILES string of the molecule is N#Cc1ccc(COC(=O)c2ccc3ccccc3c2)nc1. The van der Waals surface area contributed by atoms with E-state index in [1.54, 1.807) is 18.2 Å². The molecule has 3 rings (SSSR count). The number of esters is 1. The standard InChI is InChI=1S/C18H12N2O2/c19-10-13-5-8-17(20-11-13)12-22-18(21)16-7-6-14-3-1-2-4-15(14)9-16/h1-9,11H,12H2. The predicted octanol–water partition coefficient (Wildman–Crippen LogP) is 3.46. The first kappa shape index (κ1) is 13.8. The summed E-state index contributed by atoms with van der Waals surface area (Å²) in [5.74, 6) is -0.392. The Morgan fingerprint density at radius 3 is 2.64 bits per heavy atom. The molecule has 0 unspecified atom stereocenters. The number of fused-ring (bicyclic) bond motifs is 1. The number of hydrogen-bond donors (Lipinski definition) is 0. The Bertz CT molecular complexity index is 864. The summed E-state index contributed by atoms with van der Waals surface area (Å²) in [4.78, 5) is 16.1. The number of nitriles is 1. The second-order valence-corrected chi connectivity index (χ2v) is 4.79. The van der Waals surface area contributed by atoms with Crippen molar-refractivity contribution >= 4 is 16.7 Å². The number of nitrogens with zero attached hydrogens (tertiary/aromatic N) is 2. The fourth-order valence-electron chi connectivity index (χ4n) is 2.12. The van der Waals surface area contributed by atoms with Crippen molar-refractivity contribution in [2.75, 3.05) is 0 Å². The van der Waals surface area contributed by atoms with Crippen LogP contribution in [-0.4, -0.2) is 11.0 Å². The van der Waals surface area contributed by atoms with Crippen LogP contribution in [0.5, 0.6) is 0 Å². The van der Waals surface area contributed by atoms with Crippen LogP contribution in [-0.2, 0) is 11.3 Å². The minimum atomic E-state index is -0.392. The maximum Gasteiger partial charge on any atom is 0.338 e. The lowest BCUT2D eigenvalue weighted by molar-refractivity contribution is 0.0468. The van der Waals surface area contributed by atoms with Gasteiger partial charge in [-0.1, -0.05) is 30.3 Å². The van der Waals surface area contributed by atoms with Crippen molar-refractivity contribution in [1.29, 1.82) is 5.26 Å². The fraction of sp³-hybridized carbons (Fsp3) is 0.0556.